The molecular formula is C20H35IN4O2. The summed E-state index contributed by atoms with van der Waals surface area (Å²) in [6.07, 6.45) is 2.52. The third-order valence-corrected chi connectivity index (χ3v) is 4.76. The Hall–Kier alpha value is -1.06. The molecule has 0 aromatic heterocycles. The summed E-state index contributed by atoms with van der Waals surface area (Å²) in [6, 6.07) is 6.88. The highest BCUT2D eigenvalue weighted by Crippen LogP contribution is 2.20. The van der Waals surface area contributed by atoms with Gasteiger partial charge in [0.2, 0.25) is 0 Å². The van der Waals surface area contributed by atoms with Crippen LogP contribution in [0.4, 0.5) is 0 Å². The lowest BCUT2D eigenvalue weighted by atomic mass is 10.1. The number of ether oxygens (including phenoxy) is 2. The summed E-state index contributed by atoms with van der Waals surface area (Å²) < 4.78 is 11.3. The maximum Gasteiger partial charge on any atom is 0.191 e. The van der Waals surface area contributed by atoms with Gasteiger partial charge in [0.15, 0.2) is 5.96 Å². The van der Waals surface area contributed by atoms with E-state index in [1.165, 1.54) is 24.9 Å². The van der Waals surface area contributed by atoms with Crippen molar-refractivity contribution in [3.05, 3.63) is 29.3 Å². The van der Waals surface area contributed by atoms with Gasteiger partial charge >= 0.3 is 0 Å². The van der Waals surface area contributed by atoms with E-state index < -0.39 is 0 Å². The zero-order valence-corrected chi connectivity index (χ0v) is 19.4. The SMILES string of the molecule is CCOCCOc1cc(C)ccc1CNC(=NC)NCC1CCCN1C.I. The van der Waals surface area contributed by atoms with E-state index in [1.54, 1.807) is 0 Å². The maximum absolute atomic E-state index is 5.91. The molecule has 0 aliphatic carbocycles. The van der Waals surface area contributed by atoms with Crippen LogP contribution >= 0.6 is 24.0 Å². The molecule has 1 heterocycles. The Morgan fingerprint density at radius 1 is 1.30 bits per heavy atom. The predicted octanol–water partition coefficient (Wildman–Crippen LogP) is 2.79. The van der Waals surface area contributed by atoms with Crippen molar-refractivity contribution in [2.75, 3.05) is 47.0 Å². The summed E-state index contributed by atoms with van der Waals surface area (Å²) >= 11 is 0. The van der Waals surface area contributed by atoms with Gasteiger partial charge in [-0.2, -0.15) is 0 Å². The molecule has 0 radical (unpaired) electrons. The Morgan fingerprint density at radius 3 is 2.78 bits per heavy atom. The molecule has 1 aliphatic rings. The van der Waals surface area contributed by atoms with Crippen molar-refractivity contribution in [1.29, 1.82) is 0 Å². The summed E-state index contributed by atoms with van der Waals surface area (Å²) in [7, 11) is 4.00. The molecule has 1 saturated heterocycles. The van der Waals surface area contributed by atoms with E-state index in [0.29, 0.717) is 32.4 Å². The van der Waals surface area contributed by atoms with Gasteiger partial charge in [0.1, 0.15) is 12.4 Å². The smallest absolute Gasteiger partial charge is 0.191 e. The zero-order valence-electron chi connectivity index (χ0n) is 17.1. The zero-order chi connectivity index (χ0) is 18.8. The number of halogens is 1. The standard InChI is InChI=1S/C20H34N4O2.HI/c1-5-25-11-12-26-19-13-16(2)8-9-17(19)14-22-20(21-3)23-15-18-7-6-10-24(18)4;/h8-9,13,18H,5-7,10-12,14-15H2,1-4H3,(H2,21,22,23);1H. The number of rotatable bonds is 9. The Morgan fingerprint density at radius 2 is 2.11 bits per heavy atom. The van der Waals surface area contributed by atoms with Crippen LogP contribution in [0.3, 0.4) is 0 Å². The molecule has 1 unspecified atom stereocenters. The molecule has 154 valence electrons. The second-order valence-corrected chi connectivity index (χ2v) is 6.74. The van der Waals surface area contributed by atoms with Gasteiger partial charge in [-0.05, 0) is 51.9 Å². The van der Waals surface area contributed by atoms with Crippen molar-refractivity contribution in [2.45, 2.75) is 39.3 Å². The molecule has 27 heavy (non-hydrogen) atoms. The van der Waals surface area contributed by atoms with Gasteiger partial charge in [-0.3, -0.25) is 4.99 Å². The highest BCUT2D eigenvalue weighted by molar-refractivity contribution is 14.0. The van der Waals surface area contributed by atoms with E-state index in [0.717, 1.165) is 23.8 Å². The maximum atomic E-state index is 5.91. The van der Waals surface area contributed by atoms with Crippen molar-refractivity contribution in [2.24, 2.45) is 4.99 Å². The lowest BCUT2D eigenvalue weighted by molar-refractivity contribution is 0.110. The average molecular weight is 490 g/mol. The van der Waals surface area contributed by atoms with Crippen molar-refractivity contribution in [3.8, 4) is 5.75 Å². The Labute approximate surface area is 181 Å². The van der Waals surface area contributed by atoms with Gasteiger partial charge in [-0.25, -0.2) is 0 Å². The number of aliphatic imine (C=N–C) groups is 1. The first-order valence-corrected chi connectivity index (χ1v) is 9.58. The number of benzene rings is 1. The number of guanidine groups is 1. The third-order valence-electron chi connectivity index (χ3n) is 4.76. The molecular weight excluding hydrogens is 455 g/mol. The minimum absolute atomic E-state index is 0. The molecule has 1 aromatic rings. The first-order valence-electron chi connectivity index (χ1n) is 9.58. The number of hydrogen-bond acceptors (Lipinski definition) is 4. The monoisotopic (exact) mass is 490 g/mol. The molecule has 1 fully saturated rings. The fraction of sp³-hybridized carbons (Fsp3) is 0.650. The van der Waals surface area contributed by atoms with Crippen LogP contribution in [-0.2, 0) is 11.3 Å². The number of nitrogens with one attached hydrogen (secondary N) is 2. The second-order valence-electron chi connectivity index (χ2n) is 6.74. The van der Waals surface area contributed by atoms with Crippen LogP contribution in [0.25, 0.3) is 0 Å². The average Bonchev–Trinajstić information content (AvgIpc) is 3.05. The van der Waals surface area contributed by atoms with E-state index in [1.807, 2.05) is 14.0 Å². The first-order chi connectivity index (χ1) is 12.6. The van der Waals surface area contributed by atoms with Gasteiger partial charge in [0, 0.05) is 38.3 Å². The fourth-order valence-electron chi connectivity index (χ4n) is 3.15. The number of likely N-dealkylation sites (N-methyl/N-ethyl adjacent to an activating group) is 1. The number of likely N-dealkylation sites (tertiary alicyclic amines) is 1. The minimum atomic E-state index is 0. The first kappa shape index (κ1) is 24.0. The lowest BCUT2D eigenvalue weighted by Crippen LogP contribution is -2.43. The van der Waals surface area contributed by atoms with Gasteiger partial charge in [0.25, 0.3) is 0 Å². The highest BCUT2D eigenvalue weighted by Gasteiger charge is 2.20. The minimum Gasteiger partial charge on any atom is -0.491 e. The molecule has 1 atom stereocenters. The quantitative estimate of drug-likeness (QED) is 0.241. The molecule has 2 rings (SSSR count). The molecule has 0 spiro atoms. The molecule has 2 N–H and O–H groups in total. The van der Waals surface area contributed by atoms with E-state index in [4.69, 9.17) is 9.47 Å². The van der Waals surface area contributed by atoms with Crippen LogP contribution in [0.15, 0.2) is 23.2 Å². The lowest BCUT2D eigenvalue weighted by Gasteiger charge is -2.21. The molecule has 1 aromatic carbocycles. The summed E-state index contributed by atoms with van der Waals surface area (Å²) in [5.41, 5.74) is 2.31. The Bertz CT molecular complexity index is 583. The van der Waals surface area contributed by atoms with Crippen LogP contribution in [0.5, 0.6) is 5.75 Å². The summed E-state index contributed by atoms with van der Waals surface area (Å²) in [6.45, 7) is 8.72. The molecule has 0 saturated carbocycles. The van der Waals surface area contributed by atoms with Crippen molar-refractivity contribution < 1.29 is 9.47 Å². The van der Waals surface area contributed by atoms with E-state index in [-0.39, 0.29) is 24.0 Å². The molecule has 0 bridgehead atoms. The Balaban J connectivity index is 0.00000364. The normalized spacial score (nSPS) is 17.5. The fourth-order valence-corrected chi connectivity index (χ4v) is 3.15. The predicted molar refractivity (Wildman–Crippen MR) is 122 cm³/mol. The van der Waals surface area contributed by atoms with E-state index in [2.05, 4.69) is 52.7 Å². The van der Waals surface area contributed by atoms with Gasteiger partial charge < -0.3 is 25.0 Å². The summed E-state index contributed by atoms with van der Waals surface area (Å²) in [4.78, 5) is 6.75. The molecule has 0 amide bonds. The van der Waals surface area contributed by atoms with Crippen molar-refractivity contribution >= 4 is 29.9 Å². The summed E-state index contributed by atoms with van der Waals surface area (Å²) in [5, 5.41) is 6.83. The molecule has 1 aliphatic heterocycles. The molecule has 6 nitrogen and oxygen atoms in total. The molecule has 7 heteroatoms. The van der Waals surface area contributed by atoms with Gasteiger partial charge in [0.05, 0.1) is 6.61 Å². The van der Waals surface area contributed by atoms with Crippen LogP contribution in [-0.4, -0.2) is 63.9 Å². The Kier molecular flexibility index (Phi) is 11.7. The number of hydrogen-bond donors (Lipinski definition) is 2. The number of nitrogens with zero attached hydrogens (tertiary/aromatic N) is 2. The van der Waals surface area contributed by atoms with E-state index in [9.17, 15) is 0 Å². The largest absolute Gasteiger partial charge is 0.491 e. The summed E-state index contributed by atoms with van der Waals surface area (Å²) in [5.74, 6) is 1.73. The highest BCUT2D eigenvalue weighted by atomic mass is 127. The van der Waals surface area contributed by atoms with Crippen molar-refractivity contribution in [1.82, 2.24) is 15.5 Å². The van der Waals surface area contributed by atoms with Crippen LogP contribution in [0.2, 0.25) is 0 Å². The third kappa shape index (κ3) is 8.23. The number of aryl methyl sites for hydroxylation is 1. The van der Waals surface area contributed by atoms with Gasteiger partial charge in [-0.1, -0.05) is 12.1 Å². The van der Waals surface area contributed by atoms with Crippen LogP contribution in [0.1, 0.15) is 30.9 Å². The van der Waals surface area contributed by atoms with Crippen LogP contribution < -0.4 is 15.4 Å². The van der Waals surface area contributed by atoms with Crippen LogP contribution in [0, 0.1) is 6.92 Å². The van der Waals surface area contributed by atoms with E-state index >= 15 is 0 Å². The van der Waals surface area contributed by atoms with Gasteiger partial charge in [-0.15, -0.1) is 24.0 Å². The topological polar surface area (TPSA) is 58.1 Å². The van der Waals surface area contributed by atoms with Crippen molar-refractivity contribution in [3.63, 3.8) is 0 Å². The second kappa shape index (κ2) is 13.2.